The number of hydrogen-bond acceptors (Lipinski definition) is 7. The van der Waals surface area contributed by atoms with Crippen LogP contribution in [0.1, 0.15) is 10.4 Å². The molecular formula is C20H17N5O3S. The predicted molar refractivity (Wildman–Crippen MR) is 109 cm³/mol. The maximum absolute atomic E-state index is 12.7. The third kappa shape index (κ3) is 4.04. The maximum atomic E-state index is 12.7. The lowest BCUT2D eigenvalue weighted by Crippen LogP contribution is -2.25. The quantitative estimate of drug-likeness (QED) is 0.365. The lowest BCUT2D eigenvalue weighted by molar-refractivity contribution is -0.118. The maximum Gasteiger partial charge on any atom is 0.262 e. The van der Waals surface area contributed by atoms with E-state index in [1.165, 1.54) is 11.8 Å². The molecule has 1 N–H and O–H groups in total. The summed E-state index contributed by atoms with van der Waals surface area (Å²) in [6, 6.07) is 8.72. The zero-order valence-electron chi connectivity index (χ0n) is 15.4. The number of amides is 1. The fourth-order valence-corrected chi connectivity index (χ4v) is 3.72. The van der Waals surface area contributed by atoms with E-state index in [4.69, 9.17) is 4.74 Å². The number of nitrogens with zero attached hydrogens (tertiary/aromatic N) is 4. The predicted octanol–water partition coefficient (Wildman–Crippen LogP) is 2.83. The molecule has 0 saturated heterocycles. The van der Waals surface area contributed by atoms with Gasteiger partial charge in [-0.25, -0.2) is 0 Å². The molecule has 8 nitrogen and oxygen atoms in total. The van der Waals surface area contributed by atoms with Gasteiger partial charge >= 0.3 is 0 Å². The Hall–Kier alpha value is -3.46. The molecule has 146 valence electrons. The van der Waals surface area contributed by atoms with Gasteiger partial charge in [-0.05, 0) is 30.3 Å². The van der Waals surface area contributed by atoms with Crippen LogP contribution >= 0.6 is 11.8 Å². The van der Waals surface area contributed by atoms with Crippen molar-refractivity contribution in [3.63, 3.8) is 0 Å². The molecule has 9 heteroatoms. The first-order valence-electron chi connectivity index (χ1n) is 8.83. The van der Waals surface area contributed by atoms with Crippen molar-refractivity contribution in [1.29, 1.82) is 0 Å². The average molecular weight is 407 g/mol. The van der Waals surface area contributed by atoms with Crippen LogP contribution in [0, 0.1) is 0 Å². The minimum Gasteiger partial charge on any atom is -0.482 e. The number of rotatable bonds is 7. The number of ketones is 1. The molecule has 0 aliphatic carbocycles. The Labute approximate surface area is 171 Å². The van der Waals surface area contributed by atoms with Gasteiger partial charge in [-0.3, -0.25) is 19.1 Å². The summed E-state index contributed by atoms with van der Waals surface area (Å²) in [5, 5.41) is 11.8. The number of thioether (sulfide) groups is 1. The molecule has 0 fully saturated rings. The second-order valence-corrected chi connectivity index (χ2v) is 7.14. The number of hydrogen-bond donors (Lipinski definition) is 1. The van der Waals surface area contributed by atoms with Gasteiger partial charge in [0.25, 0.3) is 5.91 Å². The highest BCUT2D eigenvalue weighted by Crippen LogP contribution is 2.30. The highest BCUT2D eigenvalue weighted by Gasteiger charge is 2.19. The molecule has 0 bridgehead atoms. The summed E-state index contributed by atoms with van der Waals surface area (Å²) in [6.07, 6.45) is 5.14. The fraction of sp³-hybridized carbons (Fsp3) is 0.150. The Morgan fingerprint density at radius 2 is 2.10 bits per heavy atom. The molecule has 1 aromatic carbocycles. The van der Waals surface area contributed by atoms with E-state index in [2.05, 4.69) is 27.1 Å². The van der Waals surface area contributed by atoms with Crippen LogP contribution in [0.2, 0.25) is 0 Å². The highest BCUT2D eigenvalue weighted by atomic mass is 32.2. The van der Waals surface area contributed by atoms with Crippen molar-refractivity contribution in [3.05, 3.63) is 60.9 Å². The van der Waals surface area contributed by atoms with Crippen LogP contribution in [0.25, 0.3) is 11.4 Å². The third-order valence-corrected chi connectivity index (χ3v) is 5.20. The van der Waals surface area contributed by atoms with Crippen molar-refractivity contribution in [1.82, 2.24) is 19.7 Å². The van der Waals surface area contributed by atoms with Crippen molar-refractivity contribution in [2.24, 2.45) is 0 Å². The van der Waals surface area contributed by atoms with Crippen molar-refractivity contribution in [2.45, 2.75) is 11.7 Å². The Kier molecular flexibility index (Phi) is 5.39. The minimum atomic E-state index is -0.238. The molecule has 1 amide bonds. The van der Waals surface area contributed by atoms with Crippen molar-refractivity contribution < 1.29 is 14.3 Å². The summed E-state index contributed by atoms with van der Waals surface area (Å²) >= 11 is 1.30. The number of ether oxygens (including phenoxy) is 1. The first-order chi connectivity index (χ1) is 14.2. The smallest absolute Gasteiger partial charge is 0.262 e. The number of nitrogens with one attached hydrogen (secondary N) is 1. The van der Waals surface area contributed by atoms with Crippen molar-refractivity contribution in [3.8, 4) is 17.1 Å². The molecule has 0 spiro atoms. The van der Waals surface area contributed by atoms with E-state index in [1.807, 2.05) is 16.7 Å². The Morgan fingerprint density at radius 1 is 1.28 bits per heavy atom. The lowest BCUT2D eigenvalue weighted by Gasteiger charge is -2.18. The third-order valence-electron chi connectivity index (χ3n) is 4.23. The Morgan fingerprint density at radius 3 is 2.90 bits per heavy atom. The number of Topliss-reactive ketones (excluding diaryl/α,β-unsaturated/α-hetero) is 1. The number of benzene rings is 1. The number of carbonyl (C=O) groups excluding carboxylic acids is 2. The van der Waals surface area contributed by atoms with Gasteiger partial charge in [0.1, 0.15) is 5.75 Å². The monoisotopic (exact) mass is 407 g/mol. The molecule has 0 radical (unpaired) electrons. The standard InChI is InChI=1S/C20H17N5O3S/c1-2-9-25-19(13-5-7-21-8-6-13)23-24-20(25)29-12-16(26)14-3-4-17-15(10-14)22-18(27)11-28-17/h2-8,10H,1,9,11-12H2,(H,22,27). The fourth-order valence-electron chi connectivity index (χ4n) is 2.87. The van der Waals surface area contributed by atoms with E-state index in [9.17, 15) is 9.59 Å². The summed E-state index contributed by atoms with van der Waals surface area (Å²) in [4.78, 5) is 28.2. The molecule has 0 saturated carbocycles. The first-order valence-corrected chi connectivity index (χ1v) is 9.81. The number of pyridine rings is 1. The van der Waals surface area contributed by atoms with Crippen LogP contribution in [0.3, 0.4) is 0 Å². The number of carbonyl (C=O) groups is 2. The Bertz CT molecular complexity index is 1080. The van der Waals surface area contributed by atoms with Gasteiger partial charge < -0.3 is 10.1 Å². The number of aromatic nitrogens is 4. The molecule has 29 heavy (non-hydrogen) atoms. The van der Waals surface area contributed by atoms with E-state index in [-0.39, 0.29) is 24.1 Å². The van der Waals surface area contributed by atoms with Gasteiger partial charge in [-0.2, -0.15) is 0 Å². The van der Waals surface area contributed by atoms with Gasteiger partial charge in [0.05, 0.1) is 11.4 Å². The van der Waals surface area contributed by atoms with E-state index >= 15 is 0 Å². The van der Waals surface area contributed by atoms with Crippen LogP contribution in [-0.2, 0) is 11.3 Å². The lowest BCUT2D eigenvalue weighted by atomic mass is 10.1. The molecule has 1 aliphatic rings. The first kappa shape index (κ1) is 18.9. The van der Waals surface area contributed by atoms with E-state index in [0.29, 0.717) is 34.5 Å². The summed E-state index contributed by atoms with van der Waals surface area (Å²) in [6.45, 7) is 4.29. The van der Waals surface area contributed by atoms with Crippen molar-refractivity contribution >= 4 is 29.1 Å². The zero-order valence-corrected chi connectivity index (χ0v) is 16.2. The van der Waals surface area contributed by atoms with Gasteiger partial charge in [0.2, 0.25) is 0 Å². The highest BCUT2D eigenvalue weighted by molar-refractivity contribution is 7.99. The number of allylic oxidation sites excluding steroid dienone is 1. The number of anilines is 1. The molecule has 3 heterocycles. The molecule has 0 atom stereocenters. The van der Waals surface area contributed by atoms with Crippen molar-refractivity contribution in [2.75, 3.05) is 17.7 Å². The van der Waals surface area contributed by atoms with Gasteiger partial charge in [0, 0.05) is 30.1 Å². The van der Waals surface area contributed by atoms with Crippen LogP contribution in [0.5, 0.6) is 5.75 Å². The topological polar surface area (TPSA) is 99.0 Å². The summed E-state index contributed by atoms with van der Waals surface area (Å²) < 4.78 is 7.23. The van der Waals surface area contributed by atoms with Crippen LogP contribution < -0.4 is 10.1 Å². The molecule has 1 aliphatic heterocycles. The Balaban J connectivity index is 1.51. The van der Waals surface area contributed by atoms with Crippen LogP contribution in [-0.4, -0.2) is 43.8 Å². The van der Waals surface area contributed by atoms with Crippen LogP contribution in [0.15, 0.2) is 60.5 Å². The van der Waals surface area contributed by atoms with Crippen LogP contribution in [0.4, 0.5) is 5.69 Å². The zero-order chi connectivity index (χ0) is 20.2. The number of fused-ring (bicyclic) bond motifs is 1. The normalized spacial score (nSPS) is 12.6. The molecule has 4 rings (SSSR count). The molecule has 0 unspecified atom stereocenters. The second-order valence-electron chi connectivity index (χ2n) is 6.20. The molecule has 2 aromatic heterocycles. The largest absolute Gasteiger partial charge is 0.482 e. The van der Waals surface area contributed by atoms with Gasteiger partial charge in [0.15, 0.2) is 23.4 Å². The van der Waals surface area contributed by atoms with Gasteiger partial charge in [-0.15, -0.1) is 16.8 Å². The van der Waals surface area contributed by atoms with E-state index in [1.54, 1.807) is 36.7 Å². The minimum absolute atomic E-state index is 0.0189. The summed E-state index contributed by atoms with van der Waals surface area (Å²) in [5.41, 5.74) is 1.89. The van der Waals surface area contributed by atoms with E-state index in [0.717, 1.165) is 5.56 Å². The van der Waals surface area contributed by atoms with Gasteiger partial charge in [-0.1, -0.05) is 17.8 Å². The van der Waals surface area contributed by atoms with E-state index < -0.39 is 0 Å². The second kappa shape index (κ2) is 8.27. The summed E-state index contributed by atoms with van der Waals surface area (Å²) in [7, 11) is 0. The average Bonchev–Trinajstić information content (AvgIpc) is 3.15. The molecular weight excluding hydrogens is 390 g/mol. The summed E-state index contributed by atoms with van der Waals surface area (Å²) in [5.74, 6) is 1.10. The molecule has 3 aromatic rings. The SMILES string of the molecule is C=CCn1c(SCC(=O)c2ccc3c(c2)NC(=O)CO3)nnc1-c1ccncc1.